The minimum Gasteiger partial charge on any atom is -0.352 e. The van der Waals surface area contributed by atoms with Crippen molar-refractivity contribution in [2.45, 2.75) is 38.5 Å². The average molecular weight is 157 g/mol. The van der Waals surface area contributed by atoms with E-state index in [0.29, 0.717) is 0 Å². The molecule has 2 atom stereocenters. The molecule has 1 saturated heterocycles. The summed E-state index contributed by atoms with van der Waals surface area (Å²) in [6, 6.07) is 0. The second-order valence-corrected chi connectivity index (χ2v) is 2.87. The molecule has 1 rings (SSSR count). The first-order chi connectivity index (χ1) is 5.36. The van der Waals surface area contributed by atoms with Crippen LogP contribution in [0.25, 0.3) is 0 Å². The maximum absolute atomic E-state index is 10.2. The standard InChI is InChI=1S/C8H15NO2/c1-2-3-4-7-5-9-8(6-10)11-7/h6-9H,2-5H2,1H3. The summed E-state index contributed by atoms with van der Waals surface area (Å²) in [6.45, 7) is 2.98. The van der Waals surface area contributed by atoms with Crippen LogP contribution in [0.4, 0.5) is 0 Å². The van der Waals surface area contributed by atoms with Crippen molar-refractivity contribution in [3.05, 3.63) is 0 Å². The summed E-state index contributed by atoms with van der Waals surface area (Å²) >= 11 is 0. The Bertz CT molecular complexity index is 127. The van der Waals surface area contributed by atoms with Gasteiger partial charge in [-0.1, -0.05) is 19.8 Å². The van der Waals surface area contributed by atoms with E-state index in [9.17, 15) is 4.79 Å². The Morgan fingerprint density at radius 3 is 3.09 bits per heavy atom. The first-order valence-corrected chi connectivity index (χ1v) is 4.21. The van der Waals surface area contributed by atoms with Crippen molar-refractivity contribution in [3.8, 4) is 0 Å². The number of hydrogen-bond acceptors (Lipinski definition) is 3. The van der Waals surface area contributed by atoms with E-state index in [1.807, 2.05) is 0 Å². The van der Waals surface area contributed by atoms with Crippen LogP contribution < -0.4 is 5.32 Å². The minimum atomic E-state index is -0.350. The van der Waals surface area contributed by atoms with E-state index >= 15 is 0 Å². The highest BCUT2D eigenvalue weighted by Crippen LogP contribution is 2.10. The van der Waals surface area contributed by atoms with Crippen molar-refractivity contribution < 1.29 is 9.53 Å². The summed E-state index contributed by atoms with van der Waals surface area (Å²) in [5.74, 6) is 0. The Balaban J connectivity index is 2.14. The molecule has 1 fully saturated rings. The lowest BCUT2D eigenvalue weighted by molar-refractivity contribution is -0.118. The summed E-state index contributed by atoms with van der Waals surface area (Å²) in [4.78, 5) is 10.2. The fourth-order valence-corrected chi connectivity index (χ4v) is 1.23. The summed E-state index contributed by atoms with van der Waals surface area (Å²) in [6.07, 6.45) is 4.14. The van der Waals surface area contributed by atoms with Crippen molar-refractivity contribution in [2.75, 3.05) is 6.54 Å². The van der Waals surface area contributed by atoms with Gasteiger partial charge in [0, 0.05) is 6.54 Å². The Morgan fingerprint density at radius 2 is 2.55 bits per heavy atom. The number of rotatable bonds is 4. The molecule has 0 spiro atoms. The van der Waals surface area contributed by atoms with Crippen molar-refractivity contribution in [3.63, 3.8) is 0 Å². The number of unbranched alkanes of at least 4 members (excludes halogenated alkanes) is 1. The number of nitrogens with one attached hydrogen (secondary N) is 1. The zero-order valence-electron chi connectivity index (χ0n) is 6.88. The molecule has 1 aliphatic rings. The van der Waals surface area contributed by atoms with Gasteiger partial charge >= 0.3 is 0 Å². The van der Waals surface area contributed by atoms with Gasteiger partial charge in [0.15, 0.2) is 12.5 Å². The first kappa shape index (κ1) is 8.68. The van der Waals surface area contributed by atoms with Gasteiger partial charge in [-0.3, -0.25) is 10.1 Å². The van der Waals surface area contributed by atoms with Crippen molar-refractivity contribution in [2.24, 2.45) is 0 Å². The van der Waals surface area contributed by atoms with Gasteiger partial charge in [-0.25, -0.2) is 0 Å². The van der Waals surface area contributed by atoms with Crippen LogP contribution in [0.2, 0.25) is 0 Å². The van der Waals surface area contributed by atoms with Crippen LogP contribution in [-0.2, 0) is 9.53 Å². The van der Waals surface area contributed by atoms with Crippen LogP contribution >= 0.6 is 0 Å². The molecule has 0 radical (unpaired) electrons. The molecule has 0 aromatic carbocycles. The molecule has 3 heteroatoms. The second kappa shape index (κ2) is 4.46. The first-order valence-electron chi connectivity index (χ1n) is 4.21. The Hall–Kier alpha value is -0.410. The van der Waals surface area contributed by atoms with Crippen molar-refractivity contribution >= 4 is 6.29 Å². The van der Waals surface area contributed by atoms with Crippen molar-refractivity contribution in [1.82, 2.24) is 5.32 Å². The minimum absolute atomic E-state index is 0.255. The lowest BCUT2D eigenvalue weighted by atomic mass is 10.2. The van der Waals surface area contributed by atoms with Gasteiger partial charge < -0.3 is 4.74 Å². The van der Waals surface area contributed by atoms with Gasteiger partial charge in [0.05, 0.1) is 6.10 Å². The van der Waals surface area contributed by atoms with Crippen molar-refractivity contribution in [1.29, 1.82) is 0 Å². The highest BCUT2D eigenvalue weighted by atomic mass is 16.5. The zero-order chi connectivity index (χ0) is 8.10. The lowest BCUT2D eigenvalue weighted by Crippen LogP contribution is -2.23. The molecule has 64 valence electrons. The normalized spacial score (nSPS) is 30.6. The number of hydrogen-bond donors (Lipinski definition) is 1. The summed E-state index contributed by atoms with van der Waals surface area (Å²) in [7, 11) is 0. The van der Waals surface area contributed by atoms with E-state index in [4.69, 9.17) is 4.74 Å². The molecular weight excluding hydrogens is 142 g/mol. The Morgan fingerprint density at radius 1 is 1.73 bits per heavy atom. The molecule has 11 heavy (non-hydrogen) atoms. The maximum atomic E-state index is 10.2. The monoisotopic (exact) mass is 157 g/mol. The Kier molecular flexibility index (Phi) is 3.52. The molecule has 1 heterocycles. The van der Waals surface area contributed by atoms with Gasteiger partial charge in [-0.2, -0.15) is 0 Å². The molecule has 2 unspecified atom stereocenters. The molecule has 0 amide bonds. The fraction of sp³-hybridized carbons (Fsp3) is 0.875. The molecule has 0 aromatic heterocycles. The van der Waals surface area contributed by atoms with Crippen LogP contribution in [0.1, 0.15) is 26.2 Å². The topological polar surface area (TPSA) is 38.3 Å². The number of carbonyl (C=O) groups is 1. The van der Waals surface area contributed by atoms with Crippen LogP contribution in [0.15, 0.2) is 0 Å². The highest BCUT2D eigenvalue weighted by Gasteiger charge is 2.22. The molecule has 3 nitrogen and oxygen atoms in total. The van der Waals surface area contributed by atoms with E-state index < -0.39 is 0 Å². The van der Waals surface area contributed by atoms with Gasteiger partial charge in [-0.15, -0.1) is 0 Å². The fourth-order valence-electron chi connectivity index (χ4n) is 1.23. The van der Waals surface area contributed by atoms with Crippen LogP contribution in [0, 0.1) is 0 Å². The zero-order valence-corrected chi connectivity index (χ0v) is 6.88. The quantitative estimate of drug-likeness (QED) is 0.610. The summed E-state index contributed by atoms with van der Waals surface area (Å²) in [5.41, 5.74) is 0. The molecule has 0 bridgehead atoms. The van der Waals surface area contributed by atoms with Gasteiger partial charge in [-0.05, 0) is 6.42 Å². The highest BCUT2D eigenvalue weighted by molar-refractivity contribution is 5.55. The van der Waals surface area contributed by atoms with Gasteiger partial charge in [0.2, 0.25) is 0 Å². The lowest BCUT2D eigenvalue weighted by Gasteiger charge is -2.06. The van der Waals surface area contributed by atoms with E-state index in [-0.39, 0.29) is 12.3 Å². The summed E-state index contributed by atoms with van der Waals surface area (Å²) in [5, 5.41) is 2.97. The third-order valence-electron chi connectivity index (χ3n) is 1.89. The molecule has 0 aromatic rings. The molecule has 0 saturated carbocycles. The largest absolute Gasteiger partial charge is 0.352 e. The van der Waals surface area contributed by atoms with E-state index in [1.165, 1.54) is 12.8 Å². The third-order valence-corrected chi connectivity index (χ3v) is 1.89. The third kappa shape index (κ3) is 2.60. The van der Waals surface area contributed by atoms with E-state index in [2.05, 4.69) is 12.2 Å². The average Bonchev–Trinajstić information content (AvgIpc) is 2.48. The van der Waals surface area contributed by atoms with Gasteiger partial charge in [0.25, 0.3) is 0 Å². The molecule has 1 N–H and O–H groups in total. The van der Waals surface area contributed by atoms with Crippen LogP contribution in [0.5, 0.6) is 0 Å². The van der Waals surface area contributed by atoms with E-state index in [0.717, 1.165) is 19.3 Å². The Labute approximate surface area is 67.1 Å². The molecular formula is C8H15NO2. The summed E-state index contributed by atoms with van der Waals surface area (Å²) < 4.78 is 5.33. The van der Waals surface area contributed by atoms with E-state index in [1.54, 1.807) is 0 Å². The smallest absolute Gasteiger partial charge is 0.165 e. The number of ether oxygens (including phenoxy) is 1. The predicted octanol–water partition coefficient (Wildman–Crippen LogP) is 0.690. The SMILES string of the molecule is CCCCC1CNC(C=O)O1. The van der Waals surface area contributed by atoms with Crippen LogP contribution in [0.3, 0.4) is 0 Å². The predicted molar refractivity (Wildman–Crippen MR) is 42.3 cm³/mol. The molecule has 0 aliphatic carbocycles. The van der Waals surface area contributed by atoms with Gasteiger partial charge in [0.1, 0.15) is 0 Å². The maximum Gasteiger partial charge on any atom is 0.165 e. The number of carbonyl (C=O) groups excluding carboxylic acids is 1. The second-order valence-electron chi connectivity index (χ2n) is 2.87. The molecule has 1 aliphatic heterocycles. The van der Waals surface area contributed by atoms with Crippen LogP contribution in [-0.4, -0.2) is 25.2 Å². The number of aldehydes is 1.